The maximum Gasteiger partial charge on any atom is 0.337 e. The number of carboxylic acids is 1. The molecule has 0 aliphatic carbocycles. The molecule has 0 spiro atoms. The fourth-order valence-electron chi connectivity index (χ4n) is 1.78. The average molecular weight is 326 g/mol. The maximum absolute atomic E-state index is 11.1. The van der Waals surface area contributed by atoms with Gasteiger partial charge in [0, 0.05) is 18.6 Å². The van der Waals surface area contributed by atoms with Crippen LogP contribution in [0.2, 0.25) is 0 Å². The standard InChI is InChI=1S/C15H26O3.C3H4O2/c1-3-5-6-7-8-9-10-11-12-13-15(17)18-14(16)4-2;1-2-3(4)5/h4H,2-3,5-13H2,1H3;2H,1H2,(H,4,5). The molecule has 0 rings (SSSR count). The quantitative estimate of drug-likeness (QED) is 0.248. The lowest BCUT2D eigenvalue weighted by molar-refractivity contribution is -0.156. The van der Waals surface area contributed by atoms with Gasteiger partial charge in [-0.15, -0.1) is 0 Å². The first-order chi connectivity index (χ1) is 11.0. The Labute approximate surface area is 139 Å². The molecule has 23 heavy (non-hydrogen) atoms. The molecule has 0 radical (unpaired) electrons. The predicted molar refractivity (Wildman–Crippen MR) is 91.0 cm³/mol. The summed E-state index contributed by atoms with van der Waals surface area (Å²) in [5, 5.41) is 7.60. The van der Waals surface area contributed by atoms with Crippen LogP contribution in [0, 0.1) is 0 Å². The first-order valence-electron chi connectivity index (χ1n) is 8.20. The van der Waals surface area contributed by atoms with Gasteiger partial charge >= 0.3 is 17.9 Å². The van der Waals surface area contributed by atoms with Crippen LogP contribution in [0.5, 0.6) is 0 Å². The van der Waals surface area contributed by atoms with Crippen molar-refractivity contribution in [2.24, 2.45) is 0 Å². The highest BCUT2D eigenvalue weighted by Gasteiger charge is 2.06. The van der Waals surface area contributed by atoms with E-state index < -0.39 is 17.9 Å². The second-order valence-corrected chi connectivity index (χ2v) is 5.12. The van der Waals surface area contributed by atoms with Gasteiger partial charge in [-0.05, 0) is 6.42 Å². The van der Waals surface area contributed by atoms with Crippen LogP contribution in [0.3, 0.4) is 0 Å². The van der Waals surface area contributed by atoms with Crippen molar-refractivity contribution in [2.75, 3.05) is 0 Å². The summed E-state index contributed by atoms with van der Waals surface area (Å²) in [4.78, 5) is 31.1. The van der Waals surface area contributed by atoms with Gasteiger partial charge in [0.05, 0.1) is 0 Å². The van der Waals surface area contributed by atoms with Crippen LogP contribution >= 0.6 is 0 Å². The molecule has 0 aromatic heterocycles. The summed E-state index contributed by atoms with van der Waals surface area (Å²) in [7, 11) is 0. The lowest BCUT2D eigenvalue weighted by atomic mass is 10.1. The van der Waals surface area contributed by atoms with Gasteiger partial charge < -0.3 is 9.84 Å². The van der Waals surface area contributed by atoms with Crippen LogP contribution in [-0.2, 0) is 19.1 Å². The van der Waals surface area contributed by atoms with Crippen molar-refractivity contribution in [2.45, 2.75) is 71.1 Å². The van der Waals surface area contributed by atoms with Crippen LogP contribution in [0.25, 0.3) is 0 Å². The number of carbonyl (C=O) groups excluding carboxylic acids is 2. The minimum atomic E-state index is -0.981. The van der Waals surface area contributed by atoms with Gasteiger partial charge in [-0.3, -0.25) is 4.79 Å². The van der Waals surface area contributed by atoms with Gasteiger partial charge in [-0.1, -0.05) is 71.4 Å². The van der Waals surface area contributed by atoms with Crippen molar-refractivity contribution >= 4 is 17.9 Å². The van der Waals surface area contributed by atoms with Gasteiger partial charge in [0.2, 0.25) is 0 Å². The molecule has 0 saturated carbocycles. The zero-order valence-electron chi connectivity index (χ0n) is 14.2. The molecule has 132 valence electrons. The summed E-state index contributed by atoms with van der Waals surface area (Å²) >= 11 is 0. The summed E-state index contributed by atoms with van der Waals surface area (Å²) < 4.78 is 4.48. The monoisotopic (exact) mass is 326 g/mol. The van der Waals surface area contributed by atoms with Crippen molar-refractivity contribution in [1.82, 2.24) is 0 Å². The van der Waals surface area contributed by atoms with E-state index in [9.17, 15) is 14.4 Å². The van der Waals surface area contributed by atoms with E-state index in [1.54, 1.807) is 0 Å². The fourth-order valence-corrected chi connectivity index (χ4v) is 1.78. The Bertz CT molecular complexity index is 360. The Morgan fingerprint density at radius 2 is 1.30 bits per heavy atom. The highest BCUT2D eigenvalue weighted by molar-refractivity contribution is 5.91. The van der Waals surface area contributed by atoms with Crippen LogP contribution in [0.15, 0.2) is 25.3 Å². The minimum Gasteiger partial charge on any atom is -0.478 e. The molecule has 1 N–H and O–H groups in total. The third-order valence-corrected chi connectivity index (χ3v) is 3.04. The van der Waals surface area contributed by atoms with Crippen molar-refractivity contribution in [1.29, 1.82) is 0 Å². The minimum absolute atomic E-state index is 0.329. The number of ether oxygens (including phenoxy) is 1. The SMILES string of the molecule is C=CC(=O)O.C=CC(=O)OC(=O)CCCCCCCCCCC. The van der Waals surface area contributed by atoms with Crippen molar-refractivity contribution < 1.29 is 24.2 Å². The molecule has 0 heterocycles. The van der Waals surface area contributed by atoms with E-state index in [2.05, 4.69) is 24.8 Å². The van der Waals surface area contributed by atoms with Gasteiger partial charge in [0.15, 0.2) is 0 Å². The lowest BCUT2D eigenvalue weighted by Gasteiger charge is -2.02. The van der Waals surface area contributed by atoms with E-state index in [1.165, 1.54) is 38.5 Å². The molecule has 0 aliphatic heterocycles. The molecular weight excluding hydrogens is 296 g/mol. The molecule has 0 saturated heterocycles. The summed E-state index contributed by atoms with van der Waals surface area (Å²) in [6.45, 7) is 8.42. The van der Waals surface area contributed by atoms with Gasteiger partial charge in [0.1, 0.15) is 0 Å². The second-order valence-electron chi connectivity index (χ2n) is 5.12. The molecule has 0 aromatic rings. The van der Waals surface area contributed by atoms with Gasteiger partial charge in [-0.25, -0.2) is 9.59 Å². The number of unbranched alkanes of at least 4 members (excludes halogenated alkanes) is 8. The summed E-state index contributed by atoms with van der Waals surface area (Å²) in [6, 6.07) is 0. The van der Waals surface area contributed by atoms with E-state index in [0.29, 0.717) is 6.42 Å². The van der Waals surface area contributed by atoms with E-state index >= 15 is 0 Å². The Hall–Kier alpha value is -1.91. The molecule has 5 nitrogen and oxygen atoms in total. The third kappa shape index (κ3) is 22.5. The van der Waals surface area contributed by atoms with E-state index in [1.807, 2.05) is 0 Å². The highest BCUT2D eigenvalue weighted by Crippen LogP contribution is 2.10. The first kappa shape index (κ1) is 23.4. The summed E-state index contributed by atoms with van der Waals surface area (Å²) in [5.74, 6) is -2.08. The highest BCUT2D eigenvalue weighted by atomic mass is 16.6. The molecule has 0 aliphatic rings. The van der Waals surface area contributed by atoms with E-state index in [4.69, 9.17) is 5.11 Å². The Kier molecular flexibility index (Phi) is 18.4. The number of hydrogen-bond acceptors (Lipinski definition) is 4. The normalized spacial score (nSPS) is 9.26. The number of rotatable bonds is 12. The van der Waals surface area contributed by atoms with Gasteiger partial charge in [-0.2, -0.15) is 0 Å². The second kappa shape index (κ2) is 18.1. The van der Waals surface area contributed by atoms with Crippen molar-refractivity contribution in [3.05, 3.63) is 25.3 Å². The zero-order valence-corrected chi connectivity index (χ0v) is 14.2. The number of esters is 2. The summed E-state index contributed by atoms with van der Waals surface area (Å²) in [5.41, 5.74) is 0. The Morgan fingerprint density at radius 3 is 1.70 bits per heavy atom. The fraction of sp³-hybridized carbons (Fsp3) is 0.611. The number of carboxylic acid groups (broad SMARTS) is 1. The average Bonchev–Trinajstić information content (AvgIpc) is 2.53. The first-order valence-corrected chi connectivity index (χ1v) is 8.20. The van der Waals surface area contributed by atoms with Crippen LogP contribution < -0.4 is 0 Å². The zero-order chi connectivity index (χ0) is 17.9. The topological polar surface area (TPSA) is 80.7 Å². The number of carbonyl (C=O) groups is 3. The smallest absolute Gasteiger partial charge is 0.337 e. The molecule has 0 amide bonds. The lowest BCUT2D eigenvalue weighted by Crippen LogP contribution is -2.09. The van der Waals surface area contributed by atoms with Crippen molar-refractivity contribution in [3.8, 4) is 0 Å². The van der Waals surface area contributed by atoms with E-state index in [0.717, 1.165) is 31.4 Å². The van der Waals surface area contributed by atoms with Crippen LogP contribution in [-0.4, -0.2) is 23.0 Å². The molecule has 0 unspecified atom stereocenters. The van der Waals surface area contributed by atoms with Crippen LogP contribution in [0.1, 0.15) is 71.1 Å². The van der Waals surface area contributed by atoms with Gasteiger partial charge in [0.25, 0.3) is 0 Å². The molecule has 0 atom stereocenters. The van der Waals surface area contributed by atoms with E-state index in [-0.39, 0.29) is 0 Å². The molecular formula is C18H30O5. The number of aliphatic carboxylic acids is 1. The molecule has 5 heteroatoms. The maximum atomic E-state index is 11.1. The molecule has 0 bridgehead atoms. The molecule has 0 aromatic carbocycles. The largest absolute Gasteiger partial charge is 0.478 e. The van der Waals surface area contributed by atoms with Crippen LogP contribution in [0.4, 0.5) is 0 Å². The predicted octanol–water partition coefficient (Wildman–Crippen LogP) is 4.42. The summed E-state index contributed by atoms with van der Waals surface area (Å²) in [6.07, 6.45) is 13.0. The Morgan fingerprint density at radius 1 is 0.870 bits per heavy atom. The Balaban J connectivity index is 0. The third-order valence-electron chi connectivity index (χ3n) is 3.04. The van der Waals surface area contributed by atoms with Crippen molar-refractivity contribution in [3.63, 3.8) is 0 Å². The number of hydrogen-bond donors (Lipinski definition) is 1. The molecule has 0 fully saturated rings.